The molecule has 0 bridgehead atoms. The van der Waals surface area contributed by atoms with Crippen molar-refractivity contribution in [2.24, 2.45) is 4.99 Å². The summed E-state index contributed by atoms with van der Waals surface area (Å²) in [6.45, 7) is 7.26. The number of likely N-dealkylation sites (tertiary alicyclic amines) is 1. The summed E-state index contributed by atoms with van der Waals surface area (Å²) >= 11 is 0. The average Bonchev–Trinajstić information content (AvgIpc) is 3.15. The van der Waals surface area contributed by atoms with E-state index in [4.69, 9.17) is 0 Å². The molecule has 0 radical (unpaired) electrons. The molecule has 1 heterocycles. The molecule has 0 saturated carbocycles. The predicted octanol–water partition coefficient (Wildman–Crippen LogP) is 2.43. The summed E-state index contributed by atoms with van der Waals surface area (Å²) in [5.74, 6) is 0.713. The van der Waals surface area contributed by atoms with Gasteiger partial charge in [0.05, 0.1) is 13.1 Å². The summed E-state index contributed by atoms with van der Waals surface area (Å²) in [4.78, 5) is 20.4. The molecule has 1 aromatic rings. The maximum Gasteiger partial charge on any atom is 0.241 e. The van der Waals surface area contributed by atoms with Gasteiger partial charge in [-0.2, -0.15) is 0 Å². The molecule has 0 atom stereocenters. The van der Waals surface area contributed by atoms with Crippen LogP contribution in [0.4, 0.5) is 0 Å². The van der Waals surface area contributed by atoms with Crippen LogP contribution >= 0.6 is 24.0 Å². The van der Waals surface area contributed by atoms with Crippen molar-refractivity contribution in [2.75, 3.05) is 40.3 Å². The molecule has 0 unspecified atom stereocenters. The highest BCUT2D eigenvalue weighted by Gasteiger charge is 2.11. The fourth-order valence-electron chi connectivity index (χ4n) is 2.85. The molecule has 1 aliphatic rings. The van der Waals surface area contributed by atoms with E-state index in [0.717, 1.165) is 19.5 Å². The fraction of sp³-hybridized carbons (Fsp3) is 0.600. The van der Waals surface area contributed by atoms with Gasteiger partial charge in [0, 0.05) is 27.2 Å². The van der Waals surface area contributed by atoms with Gasteiger partial charge >= 0.3 is 0 Å². The zero-order chi connectivity index (χ0) is 18.8. The van der Waals surface area contributed by atoms with Gasteiger partial charge in [-0.05, 0) is 43.5 Å². The van der Waals surface area contributed by atoms with Crippen LogP contribution in [0.25, 0.3) is 0 Å². The van der Waals surface area contributed by atoms with E-state index in [0.29, 0.717) is 12.5 Å². The van der Waals surface area contributed by atoms with E-state index in [9.17, 15) is 4.79 Å². The highest BCUT2D eigenvalue weighted by atomic mass is 127. The molecular formula is C20H34IN5O. The number of guanidine groups is 1. The topological polar surface area (TPSA) is 60.0 Å². The number of amides is 1. The maximum atomic E-state index is 11.8. The number of nitrogens with zero attached hydrogens (tertiary/aromatic N) is 3. The number of likely N-dealkylation sites (N-methyl/N-ethyl adjacent to an activating group) is 1. The van der Waals surface area contributed by atoms with Gasteiger partial charge in [0.15, 0.2) is 5.96 Å². The molecule has 7 heteroatoms. The van der Waals surface area contributed by atoms with Crippen molar-refractivity contribution in [1.29, 1.82) is 0 Å². The number of carbonyl (C=O) groups excluding carboxylic acids is 1. The second-order valence-corrected chi connectivity index (χ2v) is 7.03. The van der Waals surface area contributed by atoms with Gasteiger partial charge in [-0.3, -0.25) is 9.69 Å². The summed E-state index contributed by atoms with van der Waals surface area (Å²) in [5, 5.41) is 6.36. The molecule has 0 aromatic heterocycles. The Morgan fingerprint density at radius 2 is 1.74 bits per heavy atom. The molecule has 1 aliphatic heterocycles. The zero-order valence-electron chi connectivity index (χ0n) is 16.8. The quantitative estimate of drug-likeness (QED) is 0.336. The SMILES string of the molecule is CCCNC(=NCc1ccc(CN2CCCC2)cc1)NCC(=O)N(C)C.I. The lowest BCUT2D eigenvalue weighted by Gasteiger charge is -2.15. The first kappa shape index (κ1) is 23.7. The Hall–Kier alpha value is -1.35. The number of aliphatic imine (C=N–C) groups is 1. The minimum absolute atomic E-state index is 0. The van der Waals surface area contributed by atoms with Crippen molar-refractivity contribution in [3.63, 3.8) is 0 Å². The molecule has 0 aliphatic carbocycles. The fourth-order valence-corrected chi connectivity index (χ4v) is 2.85. The normalized spacial score (nSPS) is 14.6. The summed E-state index contributed by atoms with van der Waals surface area (Å²) < 4.78 is 0. The molecule has 0 spiro atoms. The Morgan fingerprint density at radius 3 is 2.33 bits per heavy atom. The lowest BCUT2D eigenvalue weighted by Crippen LogP contribution is -2.43. The Balaban J connectivity index is 0.00000364. The van der Waals surface area contributed by atoms with Crippen LogP contribution in [-0.2, 0) is 17.9 Å². The van der Waals surface area contributed by atoms with Crippen LogP contribution in [0.1, 0.15) is 37.3 Å². The van der Waals surface area contributed by atoms with Gasteiger partial charge in [-0.1, -0.05) is 31.2 Å². The van der Waals surface area contributed by atoms with Crippen LogP contribution in [0, 0.1) is 0 Å². The molecule has 152 valence electrons. The van der Waals surface area contributed by atoms with Crippen LogP contribution < -0.4 is 10.6 Å². The average molecular weight is 487 g/mol. The van der Waals surface area contributed by atoms with E-state index in [1.807, 2.05) is 0 Å². The van der Waals surface area contributed by atoms with Crippen molar-refractivity contribution in [3.05, 3.63) is 35.4 Å². The summed E-state index contributed by atoms with van der Waals surface area (Å²) in [6.07, 6.45) is 3.65. The first-order valence-electron chi connectivity index (χ1n) is 9.61. The number of hydrogen-bond acceptors (Lipinski definition) is 3. The van der Waals surface area contributed by atoms with Crippen molar-refractivity contribution < 1.29 is 4.79 Å². The summed E-state index contributed by atoms with van der Waals surface area (Å²) in [6, 6.07) is 8.70. The van der Waals surface area contributed by atoms with Crippen LogP contribution in [-0.4, -0.2) is 61.9 Å². The highest BCUT2D eigenvalue weighted by molar-refractivity contribution is 14.0. The van der Waals surface area contributed by atoms with E-state index in [-0.39, 0.29) is 36.4 Å². The van der Waals surface area contributed by atoms with Crippen LogP contribution in [0.3, 0.4) is 0 Å². The minimum atomic E-state index is 0. The Kier molecular flexibility index (Phi) is 11.3. The van der Waals surface area contributed by atoms with Crippen molar-refractivity contribution in [3.8, 4) is 0 Å². The highest BCUT2D eigenvalue weighted by Crippen LogP contribution is 2.13. The Morgan fingerprint density at radius 1 is 1.11 bits per heavy atom. The molecule has 6 nitrogen and oxygen atoms in total. The molecule has 1 saturated heterocycles. The third-order valence-electron chi connectivity index (χ3n) is 4.50. The van der Waals surface area contributed by atoms with Gasteiger partial charge in [0.2, 0.25) is 5.91 Å². The summed E-state index contributed by atoms with van der Waals surface area (Å²) in [5.41, 5.74) is 2.53. The Bertz CT molecular complexity index is 583. The number of hydrogen-bond donors (Lipinski definition) is 2. The standard InChI is InChI=1S/C20H33N5O.HI/c1-4-11-21-20(23-15-19(26)24(2)3)22-14-17-7-9-18(10-8-17)16-25-12-5-6-13-25;/h7-10H,4-6,11-16H2,1-3H3,(H2,21,22,23);1H. The first-order chi connectivity index (χ1) is 12.6. The lowest BCUT2D eigenvalue weighted by molar-refractivity contribution is -0.127. The predicted molar refractivity (Wildman–Crippen MR) is 122 cm³/mol. The van der Waals surface area contributed by atoms with E-state index in [2.05, 4.69) is 51.7 Å². The number of nitrogens with one attached hydrogen (secondary N) is 2. The molecule has 1 amide bonds. The molecule has 2 N–H and O–H groups in total. The maximum absolute atomic E-state index is 11.8. The second kappa shape index (κ2) is 12.9. The van der Waals surface area contributed by atoms with Gasteiger partial charge in [0.25, 0.3) is 0 Å². The number of halogens is 1. The van der Waals surface area contributed by atoms with Crippen LogP contribution in [0.15, 0.2) is 29.3 Å². The molecular weight excluding hydrogens is 453 g/mol. The van der Waals surface area contributed by atoms with Gasteiger partial charge < -0.3 is 15.5 Å². The largest absolute Gasteiger partial charge is 0.356 e. The molecule has 27 heavy (non-hydrogen) atoms. The van der Waals surface area contributed by atoms with Crippen molar-refractivity contribution >= 4 is 35.8 Å². The van der Waals surface area contributed by atoms with Gasteiger partial charge in [-0.15, -0.1) is 24.0 Å². The van der Waals surface area contributed by atoms with E-state index in [1.54, 1.807) is 19.0 Å². The minimum Gasteiger partial charge on any atom is -0.356 e. The van der Waals surface area contributed by atoms with Crippen LogP contribution in [0.2, 0.25) is 0 Å². The Labute approximate surface area is 180 Å². The number of benzene rings is 1. The summed E-state index contributed by atoms with van der Waals surface area (Å²) in [7, 11) is 3.51. The van der Waals surface area contributed by atoms with E-state index >= 15 is 0 Å². The second-order valence-electron chi connectivity index (χ2n) is 7.03. The third-order valence-corrected chi connectivity index (χ3v) is 4.50. The number of rotatable bonds is 8. The monoisotopic (exact) mass is 487 g/mol. The van der Waals surface area contributed by atoms with Crippen LogP contribution in [0.5, 0.6) is 0 Å². The van der Waals surface area contributed by atoms with Crippen molar-refractivity contribution in [2.45, 2.75) is 39.3 Å². The lowest BCUT2D eigenvalue weighted by atomic mass is 10.1. The van der Waals surface area contributed by atoms with Gasteiger partial charge in [0.1, 0.15) is 0 Å². The molecule has 1 aromatic carbocycles. The smallest absolute Gasteiger partial charge is 0.241 e. The third kappa shape index (κ3) is 8.92. The van der Waals surface area contributed by atoms with E-state index < -0.39 is 0 Å². The molecule has 2 rings (SSSR count). The first-order valence-corrected chi connectivity index (χ1v) is 9.61. The zero-order valence-corrected chi connectivity index (χ0v) is 19.2. The number of carbonyl (C=O) groups is 1. The van der Waals surface area contributed by atoms with E-state index in [1.165, 1.54) is 37.1 Å². The molecule has 1 fully saturated rings. The van der Waals surface area contributed by atoms with Gasteiger partial charge in [-0.25, -0.2) is 4.99 Å². The van der Waals surface area contributed by atoms with Crippen molar-refractivity contribution in [1.82, 2.24) is 20.4 Å².